The molecule has 126 valence electrons. The summed E-state index contributed by atoms with van der Waals surface area (Å²) in [5.41, 5.74) is 1.36. The summed E-state index contributed by atoms with van der Waals surface area (Å²) in [7, 11) is 0. The number of halogens is 1. The molecule has 0 bridgehead atoms. The molecule has 1 aromatic heterocycles. The van der Waals surface area contributed by atoms with Crippen LogP contribution in [0.25, 0.3) is 0 Å². The number of nitrogens with one attached hydrogen (secondary N) is 1. The van der Waals surface area contributed by atoms with Crippen molar-refractivity contribution in [2.45, 2.75) is 32.6 Å². The number of thiophene rings is 1. The number of hydrogen-bond donors (Lipinski definition) is 1. The van der Waals surface area contributed by atoms with Crippen LogP contribution in [0.3, 0.4) is 0 Å². The number of amides is 1. The average Bonchev–Trinajstić information content (AvgIpc) is 3.13. The number of ether oxygens (including phenoxy) is 1. The number of carbonyl (C=O) groups is 2. The maximum absolute atomic E-state index is 13.8. The number of aryl methyl sites for hydroxylation is 1. The summed E-state index contributed by atoms with van der Waals surface area (Å²) in [5.74, 6) is -1.56. The normalized spacial score (nSPS) is 12.8. The summed E-state index contributed by atoms with van der Waals surface area (Å²) in [6.07, 6.45) is 3.42. The Bertz CT molecular complexity index is 785. The van der Waals surface area contributed by atoms with Gasteiger partial charge in [-0.15, -0.1) is 11.3 Å². The van der Waals surface area contributed by atoms with E-state index in [-0.39, 0.29) is 5.56 Å². The van der Waals surface area contributed by atoms with Gasteiger partial charge in [0.25, 0.3) is 5.91 Å². The molecular weight excluding hydrogens is 329 g/mol. The smallest absolute Gasteiger partial charge is 0.341 e. The number of hydrogen-bond acceptors (Lipinski definition) is 4. The van der Waals surface area contributed by atoms with Crippen molar-refractivity contribution in [1.82, 2.24) is 0 Å². The van der Waals surface area contributed by atoms with Gasteiger partial charge in [-0.3, -0.25) is 4.79 Å². The number of rotatable bonds is 5. The third-order valence-electron chi connectivity index (χ3n) is 3.91. The second kappa shape index (κ2) is 7.13. The predicted molar refractivity (Wildman–Crippen MR) is 91.3 cm³/mol. The van der Waals surface area contributed by atoms with E-state index in [1.165, 1.54) is 29.5 Å². The number of fused-ring (bicyclic) bond motifs is 1. The monoisotopic (exact) mass is 347 g/mol. The molecule has 1 N–H and O–H groups in total. The fraction of sp³-hybridized carbons (Fsp3) is 0.333. The van der Waals surface area contributed by atoms with E-state index in [1.54, 1.807) is 6.07 Å². The van der Waals surface area contributed by atoms with Crippen LogP contribution in [-0.2, 0) is 17.6 Å². The molecule has 1 aliphatic rings. The highest BCUT2D eigenvalue weighted by atomic mass is 32.1. The molecule has 6 heteroatoms. The predicted octanol–water partition coefficient (Wildman–Crippen LogP) is 4.20. The zero-order valence-electron chi connectivity index (χ0n) is 13.4. The third-order valence-corrected chi connectivity index (χ3v) is 5.12. The first kappa shape index (κ1) is 16.6. The lowest BCUT2D eigenvalue weighted by Gasteiger charge is -2.09. The number of anilines is 1. The van der Waals surface area contributed by atoms with Crippen molar-refractivity contribution in [2.75, 3.05) is 11.9 Å². The highest BCUT2D eigenvalue weighted by Gasteiger charge is 2.28. The largest absolute Gasteiger partial charge is 0.462 e. The standard InChI is InChI=1S/C18H18FNO3S/c1-2-10-23-18(22)15-12-7-5-9-14(12)24-17(15)20-16(21)11-6-3-4-8-13(11)19/h3-4,6,8H,2,5,7,9-10H2,1H3,(H,20,21). The molecule has 0 radical (unpaired) electrons. The summed E-state index contributed by atoms with van der Waals surface area (Å²) in [6.45, 7) is 2.26. The van der Waals surface area contributed by atoms with Gasteiger partial charge in [0.1, 0.15) is 10.8 Å². The summed E-state index contributed by atoms with van der Waals surface area (Å²) >= 11 is 1.38. The van der Waals surface area contributed by atoms with E-state index in [0.29, 0.717) is 17.2 Å². The Kier molecular flexibility index (Phi) is 4.94. The van der Waals surface area contributed by atoms with Crippen molar-refractivity contribution < 1.29 is 18.7 Å². The lowest BCUT2D eigenvalue weighted by molar-refractivity contribution is 0.0505. The Morgan fingerprint density at radius 2 is 2.08 bits per heavy atom. The Morgan fingerprint density at radius 3 is 2.83 bits per heavy atom. The fourth-order valence-electron chi connectivity index (χ4n) is 2.79. The Hall–Kier alpha value is -2.21. The number of carbonyl (C=O) groups excluding carboxylic acids is 2. The highest BCUT2D eigenvalue weighted by Crippen LogP contribution is 2.39. The third kappa shape index (κ3) is 3.19. The minimum absolute atomic E-state index is 0.0427. The molecule has 3 rings (SSSR count). The van der Waals surface area contributed by atoms with Crippen LogP contribution < -0.4 is 5.32 Å². The molecule has 0 atom stereocenters. The molecule has 0 fully saturated rings. The van der Waals surface area contributed by atoms with Gasteiger partial charge in [-0.25, -0.2) is 9.18 Å². The van der Waals surface area contributed by atoms with Gasteiger partial charge in [0.15, 0.2) is 0 Å². The van der Waals surface area contributed by atoms with Crippen molar-refractivity contribution in [1.29, 1.82) is 0 Å². The topological polar surface area (TPSA) is 55.4 Å². The molecule has 0 unspecified atom stereocenters. The zero-order chi connectivity index (χ0) is 17.1. The van der Waals surface area contributed by atoms with Crippen LogP contribution in [0.5, 0.6) is 0 Å². The van der Waals surface area contributed by atoms with Gasteiger partial charge in [-0.1, -0.05) is 19.1 Å². The Morgan fingerprint density at radius 1 is 1.29 bits per heavy atom. The summed E-state index contributed by atoms with van der Waals surface area (Å²) in [4.78, 5) is 25.8. The van der Waals surface area contributed by atoms with Gasteiger partial charge in [-0.05, 0) is 43.4 Å². The molecule has 2 aromatic rings. The molecule has 0 saturated heterocycles. The maximum atomic E-state index is 13.8. The van der Waals surface area contributed by atoms with Crippen LogP contribution in [0.2, 0.25) is 0 Å². The second-order valence-electron chi connectivity index (χ2n) is 5.63. The van der Waals surface area contributed by atoms with Crippen molar-refractivity contribution in [3.05, 3.63) is 51.7 Å². The minimum atomic E-state index is -0.589. The molecule has 1 amide bonds. The Balaban J connectivity index is 1.89. The average molecular weight is 347 g/mol. The van der Waals surface area contributed by atoms with E-state index < -0.39 is 17.7 Å². The summed E-state index contributed by atoms with van der Waals surface area (Å²) in [5, 5.41) is 3.15. The van der Waals surface area contributed by atoms with Crippen LogP contribution in [0.4, 0.5) is 9.39 Å². The molecule has 1 aliphatic carbocycles. The van der Waals surface area contributed by atoms with Gasteiger partial charge in [-0.2, -0.15) is 0 Å². The molecular formula is C18H18FNO3S. The van der Waals surface area contributed by atoms with E-state index in [1.807, 2.05) is 6.92 Å². The van der Waals surface area contributed by atoms with Crippen LogP contribution in [-0.4, -0.2) is 18.5 Å². The first-order chi connectivity index (χ1) is 11.6. The SMILES string of the molecule is CCCOC(=O)c1c(NC(=O)c2ccccc2F)sc2c1CCC2. The summed E-state index contributed by atoms with van der Waals surface area (Å²) in [6, 6.07) is 5.78. The van der Waals surface area contributed by atoms with Gasteiger partial charge < -0.3 is 10.1 Å². The van der Waals surface area contributed by atoms with Crippen molar-refractivity contribution in [3.63, 3.8) is 0 Å². The van der Waals surface area contributed by atoms with Crippen LogP contribution in [0.1, 0.15) is 50.9 Å². The van der Waals surface area contributed by atoms with E-state index in [2.05, 4.69) is 5.32 Å². The van der Waals surface area contributed by atoms with Crippen LogP contribution in [0, 0.1) is 5.82 Å². The van der Waals surface area contributed by atoms with Gasteiger partial charge in [0.2, 0.25) is 0 Å². The molecule has 0 aliphatic heterocycles. The molecule has 1 aromatic carbocycles. The Labute approximate surface area is 143 Å². The quantitative estimate of drug-likeness (QED) is 0.825. The second-order valence-corrected chi connectivity index (χ2v) is 6.74. The van der Waals surface area contributed by atoms with Gasteiger partial charge >= 0.3 is 5.97 Å². The van der Waals surface area contributed by atoms with E-state index in [4.69, 9.17) is 4.74 Å². The molecule has 4 nitrogen and oxygen atoms in total. The molecule has 0 spiro atoms. The number of benzene rings is 1. The lowest BCUT2D eigenvalue weighted by atomic mass is 10.1. The fourth-order valence-corrected chi connectivity index (χ4v) is 4.06. The maximum Gasteiger partial charge on any atom is 0.341 e. The summed E-state index contributed by atoms with van der Waals surface area (Å²) < 4.78 is 19.0. The van der Waals surface area contributed by atoms with E-state index in [9.17, 15) is 14.0 Å². The highest BCUT2D eigenvalue weighted by molar-refractivity contribution is 7.17. The first-order valence-electron chi connectivity index (χ1n) is 7.99. The van der Waals surface area contributed by atoms with Crippen molar-refractivity contribution in [3.8, 4) is 0 Å². The minimum Gasteiger partial charge on any atom is -0.462 e. The molecule has 1 heterocycles. The van der Waals surface area contributed by atoms with Crippen molar-refractivity contribution >= 4 is 28.2 Å². The molecule has 24 heavy (non-hydrogen) atoms. The van der Waals surface area contributed by atoms with Crippen LogP contribution in [0.15, 0.2) is 24.3 Å². The lowest BCUT2D eigenvalue weighted by Crippen LogP contribution is -2.16. The van der Waals surface area contributed by atoms with Crippen molar-refractivity contribution in [2.24, 2.45) is 0 Å². The van der Waals surface area contributed by atoms with E-state index >= 15 is 0 Å². The van der Waals surface area contributed by atoms with Crippen LogP contribution >= 0.6 is 11.3 Å². The van der Waals surface area contributed by atoms with Gasteiger partial charge in [0, 0.05) is 4.88 Å². The molecule has 0 saturated carbocycles. The van der Waals surface area contributed by atoms with Gasteiger partial charge in [0.05, 0.1) is 17.7 Å². The number of esters is 1. The van der Waals surface area contributed by atoms with E-state index in [0.717, 1.165) is 36.1 Å². The first-order valence-corrected chi connectivity index (χ1v) is 8.81. The zero-order valence-corrected chi connectivity index (χ0v) is 14.2.